The second-order valence-corrected chi connectivity index (χ2v) is 12.6. The number of benzene rings is 1. The van der Waals surface area contributed by atoms with Gasteiger partial charge in [0.25, 0.3) is 0 Å². The smallest absolute Gasteiger partial charge is 0.229 e. The zero-order valence-electron chi connectivity index (χ0n) is 21.4. The molecule has 1 saturated heterocycles. The lowest BCUT2D eigenvalue weighted by Crippen LogP contribution is -2.48. The van der Waals surface area contributed by atoms with Gasteiger partial charge in [0.1, 0.15) is 5.02 Å². The van der Waals surface area contributed by atoms with Crippen LogP contribution in [0.4, 0.5) is 17.5 Å². The van der Waals surface area contributed by atoms with Crippen molar-refractivity contribution >= 4 is 39.1 Å². The Kier molecular flexibility index (Phi) is 8.50. The van der Waals surface area contributed by atoms with E-state index in [1.54, 1.807) is 6.20 Å². The van der Waals surface area contributed by atoms with Gasteiger partial charge in [0, 0.05) is 36.9 Å². The van der Waals surface area contributed by atoms with Gasteiger partial charge < -0.3 is 15.4 Å². The molecule has 2 aromatic rings. The van der Waals surface area contributed by atoms with E-state index in [1.807, 2.05) is 0 Å². The molecule has 2 fully saturated rings. The Bertz CT molecular complexity index is 1190. The van der Waals surface area contributed by atoms with Crippen molar-refractivity contribution in [2.45, 2.75) is 69.5 Å². The zero-order valence-corrected chi connectivity index (χ0v) is 23.0. The molecule has 3 aliphatic rings. The predicted octanol–water partition coefficient (Wildman–Crippen LogP) is 3.73. The van der Waals surface area contributed by atoms with Crippen molar-refractivity contribution in [3.63, 3.8) is 0 Å². The third kappa shape index (κ3) is 7.11. The third-order valence-corrected chi connectivity index (χ3v) is 8.72. The average molecular weight is 549 g/mol. The van der Waals surface area contributed by atoms with Crippen LogP contribution in [0.1, 0.15) is 49.7 Å². The van der Waals surface area contributed by atoms with Gasteiger partial charge in [0.15, 0.2) is 5.82 Å². The highest BCUT2D eigenvalue weighted by Crippen LogP contribution is 2.29. The van der Waals surface area contributed by atoms with Crippen LogP contribution in [-0.2, 0) is 27.6 Å². The number of hydrogen-bond donors (Lipinski definition) is 3. The first kappa shape index (κ1) is 26.6. The van der Waals surface area contributed by atoms with Crippen LogP contribution in [0, 0.1) is 0 Å². The number of aromatic nitrogens is 2. The number of hydrogen-bond acceptors (Lipinski definition) is 8. The van der Waals surface area contributed by atoms with Gasteiger partial charge in [0.2, 0.25) is 16.0 Å². The van der Waals surface area contributed by atoms with Crippen molar-refractivity contribution in [2.24, 2.45) is 0 Å². The maximum absolute atomic E-state index is 11.8. The highest BCUT2D eigenvalue weighted by atomic mass is 35.5. The van der Waals surface area contributed by atoms with Crippen LogP contribution in [0.3, 0.4) is 0 Å². The Morgan fingerprint density at radius 1 is 1.03 bits per heavy atom. The fraction of sp³-hybridized carbons (Fsp3) is 0.615. The Morgan fingerprint density at radius 2 is 1.76 bits per heavy atom. The minimum Gasteiger partial charge on any atom is -0.379 e. The first-order chi connectivity index (χ1) is 17.8. The van der Waals surface area contributed by atoms with E-state index < -0.39 is 10.0 Å². The topological polar surface area (TPSA) is 108 Å². The lowest BCUT2D eigenvalue weighted by Gasteiger charge is -2.33. The molecule has 9 nitrogen and oxygen atoms in total. The lowest BCUT2D eigenvalue weighted by molar-refractivity contribution is 0.0136. The van der Waals surface area contributed by atoms with E-state index in [0.29, 0.717) is 22.8 Å². The van der Waals surface area contributed by atoms with E-state index >= 15 is 0 Å². The van der Waals surface area contributed by atoms with Crippen LogP contribution in [0.25, 0.3) is 0 Å². The summed E-state index contributed by atoms with van der Waals surface area (Å²) in [5.41, 5.74) is 3.75. The van der Waals surface area contributed by atoms with Gasteiger partial charge in [-0.15, -0.1) is 0 Å². The van der Waals surface area contributed by atoms with E-state index in [4.69, 9.17) is 16.3 Å². The second-order valence-electron chi connectivity index (χ2n) is 10.4. The summed E-state index contributed by atoms with van der Waals surface area (Å²) in [6.07, 6.45) is 10.9. The van der Waals surface area contributed by atoms with E-state index in [0.717, 1.165) is 76.9 Å². The maximum atomic E-state index is 11.8. The minimum atomic E-state index is -3.30. The van der Waals surface area contributed by atoms with Crippen molar-refractivity contribution in [3.8, 4) is 0 Å². The predicted molar refractivity (Wildman–Crippen MR) is 147 cm³/mol. The first-order valence-electron chi connectivity index (χ1n) is 13.3. The van der Waals surface area contributed by atoms with Gasteiger partial charge in [-0.05, 0) is 61.8 Å². The van der Waals surface area contributed by atoms with Gasteiger partial charge in [-0.2, -0.15) is 4.98 Å². The number of nitrogens with one attached hydrogen (secondary N) is 3. The van der Waals surface area contributed by atoms with E-state index in [-0.39, 0.29) is 12.1 Å². The van der Waals surface area contributed by atoms with Crippen LogP contribution in [0.15, 0.2) is 24.4 Å². The van der Waals surface area contributed by atoms with Crippen LogP contribution in [0.2, 0.25) is 5.02 Å². The third-order valence-electron chi connectivity index (χ3n) is 7.72. The molecule has 3 atom stereocenters. The molecule has 1 aliphatic heterocycles. The van der Waals surface area contributed by atoms with Crippen molar-refractivity contribution < 1.29 is 13.2 Å². The van der Waals surface area contributed by atoms with Crippen molar-refractivity contribution in [2.75, 3.05) is 43.2 Å². The molecule has 0 radical (unpaired) electrons. The van der Waals surface area contributed by atoms with Crippen LogP contribution < -0.4 is 15.4 Å². The van der Waals surface area contributed by atoms with Crippen molar-refractivity contribution in [1.82, 2.24) is 19.6 Å². The van der Waals surface area contributed by atoms with Gasteiger partial charge in [-0.3, -0.25) is 4.90 Å². The van der Waals surface area contributed by atoms with Crippen LogP contribution in [0.5, 0.6) is 0 Å². The molecule has 0 spiro atoms. The lowest BCUT2D eigenvalue weighted by atomic mass is 9.91. The number of morpholine rings is 1. The number of rotatable bonds is 7. The number of halogens is 1. The highest BCUT2D eigenvalue weighted by molar-refractivity contribution is 7.88. The Morgan fingerprint density at radius 3 is 2.51 bits per heavy atom. The molecule has 0 amide bonds. The second kappa shape index (κ2) is 11.8. The number of sulfonamides is 1. The number of nitrogens with zero attached hydrogens (tertiary/aromatic N) is 3. The summed E-state index contributed by atoms with van der Waals surface area (Å²) < 4.78 is 32.0. The molecule has 1 saturated carbocycles. The average Bonchev–Trinajstić information content (AvgIpc) is 3.09. The summed E-state index contributed by atoms with van der Waals surface area (Å²) in [7, 11) is -3.30. The SMILES string of the molecule is CS(=O)(=O)N[C@@H]1CCCC[C@H]1Nc1nc(Nc2ccc3c(c2)CCC(N2CCOCC2)CC3)ncc1Cl. The summed E-state index contributed by atoms with van der Waals surface area (Å²) in [6, 6.07) is 6.86. The Balaban J connectivity index is 1.26. The van der Waals surface area contributed by atoms with E-state index in [2.05, 4.69) is 48.4 Å². The monoisotopic (exact) mass is 548 g/mol. The standard InChI is InChI=1S/C26H37ClN6O3S/c1-37(34,35)32-24-5-3-2-4-23(24)30-25-22(27)17-28-26(31-25)29-20-9-6-18-7-10-21(11-8-19(18)16-20)33-12-14-36-15-13-33/h6,9,16-17,21,23-24,32H,2-5,7-8,10-15H2,1H3,(H2,28,29,30,31)/t21?,23-,24-/m1/s1. The number of aryl methyl sites for hydroxylation is 2. The fourth-order valence-electron chi connectivity index (χ4n) is 5.83. The highest BCUT2D eigenvalue weighted by Gasteiger charge is 2.28. The largest absolute Gasteiger partial charge is 0.379 e. The molecule has 1 unspecified atom stereocenters. The Labute approximate surface area is 224 Å². The summed E-state index contributed by atoms with van der Waals surface area (Å²) in [6.45, 7) is 3.74. The first-order valence-corrected chi connectivity index (χ1v) is 15.6. The van der Waals surface area contributed by atoms with E-state index in [9.17, 15) is 8.42 Å². The van der Waals surface area contributed by atoms with Crippen molar-refractivity contribution in [1.29, 1.82) is 0 Å². The molecule has 3 N–H and O–H groups in total. The van der Waals surface area contributed by atoms with Crippen LogP contribution >= 0.6 is 11.6 Å². The molecular formula is C26H37ClN6O3S. The number of anilines is 3. The van der Waals surface area contributed by atoms with Gasteiger partial charge in [0.05, 0.1) is 25.7 Å². The molecule has 37 heavy (non-hydrogen) atoms. The summed E-state index contributed by atoms with van der Waals surface area (Å²) in [5, 5.41) is 7.13. The minimum absolute atomic E-state index is 0.0874. The molecule has 2 heterocycles. The van der Waals surface area contributed by atoms with Gasteiger partial charge in [-0.1, -0.05) is 30.5 Å². The molecule has 1 aromatic carbocycles. The summed E-state index contributed by atoms with van der Waals surface area (Å²) in [5.74, 6) is 0.963. The number of fused-ring (bicyclic) bond motifs is 1. The Hall–Kier alpha value is -1.98. The van der Waals surface area contributed by atoms with Gasteiger partial charge in [-0.25, -0.2) is 18.1 Å². The molecule has 202 valence electrons. The molecule has 11 heteroatoms. The summed E-state index contributed by atoms with van der Waals surface area (Å²) >= 11 is 6.42. The molecule has 5 rings (SSSR count). The molecule has 1 aromatic heterocycles. The quantitative estimate of drug-likeness (QED) is 0.449. The summed E-state index contributed by atoms with van der Waals surface area (Å²) in [4.78, 5) is 11.6. The molecular weight excluding hydrogens is 512 g/mol. The van der Waals surface area contributed by atoms with Crippen molar-refractivity contribution in [3.05, 3.63) is 40.5 Å². The molecule has 2 aliphatic carbocycles. The maximum Gasteiger partial charge on any atom is 0.229 e. The van der Waals surface area contributed by atoms with Crippen LogP contribution in [-0.4, -0.2) is 74.0 Å². The fourth-order valence-corrected chi connectivity index (χ4v) is 6.81. The number of ether oxygens (including phenoxy) is 1. The normalized spacial score (nSPS) is 25.2. The zero-order chi connectivity index (χ0) is 25.8. The van der Waals surface area contributed by atoms with Gasteiger partial charge >= 0.3 is 0 Å². The molecule has 0 bridgehead atoms. The van der Waals surface area contributed by atoms with E-state index in [1.165, 1.54) is 23.8 Å².